The highest BCUT2D eigenvalue weighted by atomic mass is 28.4. The summed E-state index contributed by atoms with van der Waals surface area (Å²) in [5.74, 6) is 0. The van der Waals surface area contributed by atoms with E-state index < -0.39 is 20.0 Å². The highest BCUT2D eigenvalue weighted by molar-refractivity contribution is 6.74. The summed E-state index contributed by atoms with van der Waals surface area (Å²) in [6, 6.07) is 19.3. The molecule has 37 heavy (non-hydrogen) atoms. The van der Waals surface area contributed by atoms with Gasteiger partial charge in [0.15, 0.2) is 8.32 Å². The summed E-state index contributed by atoms with van der Waals surface area (Å²) < 4.78 is 12.6. The molecule has 2 aromatic carbocycles. The number of alkyl carbamates (subject to hydrolysis) is 1. The second-order valence-electron chi connectivity index (χ2n) is 12.2. The fraction of sp³-hybridized carbons (Fsp3) is 0.533. The quantitative estimate of drug-likeness (QED) is 0.198. The molecule has 0 aliphatic rings. The number of isocyanates is 1. The van der Waals surface area contributed by atoms with Crippen LogP contribution in [0.3, 0.4) is 0 Å². The van der Waals surface area contributed by atoms with Crippen LogP contribution in [0.25, 0.3) is 0 Å². The number of carbonyl (C=O) groups is 1. The Kier molecular flexibility index (Phi) is 10.9. The lowest BCUT2D eigenvalue weighted by Gasteiger charge is -2.42. The summed E-state index contributed by atoms with van der Waals surface area (Å²) in [5, 5.41) is 3.06. The number of benzene rings is 2. The molecular formula is C30H44N2O4Si. The Morgan fingerprint density at radius 3 is 1.89 bits per heavy atom. The summed E-state index contributed by atoms with van der Waals surface area (Å²) in [4.78, 5) is 28.5. The fourth-order valence-electron chi connectivity index (χ4n) is 3.86. The van der Waals surface area contributed by atoms with Crippen molar-refractivity contribution in [3.63, 3.8) is 0 Å². The number of amides is 1. The molecule has 0 unspecified atom stereocenters. The number of hydrogen-bond donors (Lipinski definition) is 1. The molecule has 1 amide bonds. The third-order valence-corrected chi connectivity index (χ3v) is 11.3. The van der Waals surface area contributed by atoms with Gasteiger partial charge in [0, 0.05) is 0 Å². The Balaban J connectivity index is 2.46. The Labute approximate surface area is 224 Å². The lowest BCUT2D eigenvalue weighted by molar-refractivity contribution is 0.0419. The summed E-state index contributed by atoms with van der Waals surface area (Å²) in [5.41, 5.74) is 1.53. The van der Waals surface area contributed by atoms with Crippen LogP contribution in [0.15, 0.2) is 65.7 Å². The fourth-order valence-corrected chi connectivity index (χ4v) is 5.23. The molecule has 0 spiro atoms. The van der Waals surface area contributed by atoms with Crippen LogP contribution < -0.4 is 5.32 Å². The largest absolute Gasteiger partial charge is 0.444 e. The Hall–Kier alpha value is -2.73. The minimum atomic E-state index is -2.26. The molecule has 1 N–H and O–H groups in total. The number of rotatable bonds is 11. The van der Waals surface area contributed by atoms with Gasteiger partial charge < -0.3 is 14.5 Å². The first-order chi connectivity index (χ1) is 17.2. The molecule has 0 heterocycles. The van der Waals surface area contributed by atoms with Crippen LogP contribution in [0.1, 0.15) is 59.1 Å². The smallest absolute Gasteiger partial charge is 0.407 e. The number of aliphatic imine (C=N–C) groups is 1. The van der Waals surface area contributed by atoms with Gasteiger partial charge in [-0.2, -0.15) is 0 Å². The van der Waals surface area contributed by atoms with Crippen molar-refractivity contribution >= 4 is 20.5 Å². The van der Waals surface area contributed by atoms with Gasteiger partial charge in [-0.15, -0.1) is 0 Å². The zero-order valence-electron chi connectivity index (χ0n) is 23.7. The third-order valence-electron chi connectivity index (χ3n) is 6.76. The number of hydrogen-bond acceptors (Lipinski definition) is 5. The van der Waals surface area contributed by atoms with E-state index in [1.54, 1.807) is 6.08 Å². The summed E-state index contributed by atoms with van der Waals surface area (Å²) in [6.07, 6.45) is 2.49. The molecule has 0 bridgehead atoms. The molecule has 2 rings (SSSR count). The van der Waals surface area contributed by atoms with Crippen molar-refractivity contribution < 1.29 is 18.8 Å². The number of nitrogens with zero attached hydrogens (tertiary/aromatic N) is 1. The van der Waals surface area contributed by atoms with Crippen LogP contribution in [0, 0.1) is 0 Å². The van der Waals surface area contributed by atoms with Crippen molar-refractivity contribution in [1.29, 1.82) is 0 Å². The summed E-state index contributed by atoms with van der Waals surface area (Å²) in [6.45, 7) is 16.5. The monoisotopic (exact) mass is 524 g/mol. The average Bonchev–Trinajstić information content (AvgIpc) is 2.77. The van der Waals surface area contributed by atoms with E-state index >= 15 is 0 Å². The zero-order chi connectivity index (χ0) is 27.7. The topological polar surface area (TPSA) is 77.0 Å². The predicted molar refractivity (Wildman–Crippen MR) is 152 cm³/mol. The van der Waals surface area contributed by atoms with Crippen molar-refractivity contribution in [3.05, 3.63) is 71.8 Å². The van der Waals surface area contributed by atoms with Gasteiger partial charge in [0.05, 0.1) is 18.2 Å². The molecule has 0 fully saturated rings. The van der Waals surface area contributed by atoms with Gasteiger partial charge in [-0.1, -0.05) is 81.4 Å². The van der Waals surface area contributed by atoms with E-state index in [2.05, 4.69) is 44.2 Å². The van der Waals surface area contributed by atoms with Gasteiger partial charge in [-0.05, 0) is 69.3 Å². The summed E-state index contributed by atoms with van der Waals surface area (Å²) >= 11 is 0. The van der Waals surface area contributed by atoms with Crippen molar-refractivity contribution in [2.75, 3.05) is 0 Å². The van der Waals surface area contributed by atoms with Gasteiger partial charge in [0.1, 0.15) is 5.60 Å². The SMILES string of the molecule is CC(C)(C)OC(=O)N[C@@H](Cc1ccccc1)[C@H](C[C@H](Cc1ccccc1)N=C=O)O[Si](C)(C)C(C)(C)C. The maximum Gasteiger partial charge on any atom is 0.407 e. The number of nitrogens with one attached hydrogen (secondary N) is 1. The zero-order valence-corrected chi connectivity index (χ0v) is 24.7. The Morgan fingerprint density at radius 2 is 1.43 bits per heavy atom. The van der Waals surface area contributed by atoms with Crippen LogP contribution in [-0.2, 0) is 26.8 Å². The minimum Gasteiger partial charge on any atom is -0.444 e. The average molecular weight is 525 g/mol. The molecule has 0 saturated carbocycles. The molecule has 202 valence electrons. The molecule has 0 saturated heterocycles. The van der Waals surface area contributed by atoms with Gasteiger partial charge in [-0.25, -0.2) is 14.6 Å². The molecular weight excluding hydrogens is 480 g/mol. The van der Waals surface area contributed by atoms with Crippen molar-refractivity contribution in [3.8, 4) is 0 Å². The Bertz CT molecular complexity index is 1020. The maximum absolute atomic E-state index is 13.0. The Morgan fingerprint density at radius 1 is 0.919 bits per heavy atom. The highest BCUT2D eigenvalue weighted by Crippen LogP contribution is 2.38. The third kappa shape index (κ3) is 10.6. The lowest BCUT2D eigenvalue weighted by atomic mass is 9.94. The van der Waals surface area contributed by atoms with E-state index in [-0.39, 0.29) is 23.2 Å². The molecule has 0 radical (unpaired) electrons. The van der Waals surface area contributed by atoms with E-state index in [1.807, 2.05) is 81.4 Å². The second kappa shape index (κ2) is 13.2. The van der Waals surface area contributed by atoms with Crippen LogP contribution in [0.2, 0.25) is 18.1 Å². The second-order valence-corrected chi connectivity index (χ2v) is 16.9. The summed E-state index contributed by atoms with van der Waals surface area (Å²) in [7, 11) is -2.26. The molecule has 0 aliphatic carbocycles. The first-order valence-electron chi connectivity index (χ1n) is 13.0. The van der Waals surface area contributed by atoms with Gasteiger partial charge in [0.25, 0.3) is 0 Å². The van der Waals surface area contributed by atoms with Gasteiger partial charge >= 0.3 is 6.09 Å². The van der Waals surface area contributed by atoms with Crippen LogP contribution in [-0.4, -0.2) is 44.3 Å². The van der Waals surface area contributed by atoms with Crippen LogP contribution in [0.4, 0.5) is 4.79 Å². The highest BCUT2D eigenvalue weighted by Gasteiger charge is 2.42. The van der Waals surface area contributed by atoms with Crippen molar-refractivity contribution in [2.24, 2.45) is 4.99 Å². The lowest BCUT2D eigenvalue weighted by Crippen LogP contribution is -2.54. The number of ether oxygens (including phenoxy) is 1. The molecule has 0 aliphatic heterocycles. The normalized spacial score (nSPS) is 14.7. The van der Waals surface area contributed by atoms with Gasteiger partial charge in [0.2, 0.25) is 6.08 Å². The predicted octanol–water partition coefficient (Wildman–Crippen LogP) is 6.85. The maximum atomic E-state index is 13.0. The molecule has 3 atom stereocenters. The molecule has 2 aromatic rings. The first-order valence-corrected chi connectivity index (χ1v) is 15.9. The number of carbonyl (C=O) groups excluding carboxylic acids is 2. The molecule has 7 heteroatoms. The van der Waals surface area contributed by atoms with Crippen molar-refractivity contribution in [1.82, 2.24) is 5.32 Å². The standard InChI is InChI=1S/C30H44N2O4Si/c1-29(2,3)35-28(34)32-26(20-24-17-13-10-14-18-24)27(36-37(7,8)30(4,5)6)21-25(31-22-33)19-23-15-11-9-12-16-23/h9-18,25-27H,19-21H2,1-8H3,(H,32,34)/t25-,26-,27-/m0/s1. The van der Waals surface area contributed by atoms with E-state index in [0.717, 1.165) is 11.1 Å². The van der Waals surface area contributed by atoms with Crippen LogP contribution in [0.5, 0.6) is 0 Å². The van der Waals surface area contributed by atoms with E-state index in [0.29, 0.717) is 19.3 Å². The minimum absolute atomic E-state index is 0.0443. The van der Waals surface area contributed by atoms with E-state index in [1.165, 1.54) is 0 Å². The van der Waals surface area contributed by atoms with Gasteiger partial charge in [-0.3, -0.25) is 0 Å². The molecule has 0 aromatic heterocycles. The van der Waals surface area contributed by atoms with E-state index in [4.69, 9.17) is 9.16 Å². The first kappa shape index (κ1) is 30.5. The van der Waals surface area contributed by atoms with E-state index in [9.17, 15) is 9.59 Å². The van der Waals surface area contributed by atoms with Crippen LogP contribution >= 0.6 is 0 Å². The molecule has 6 nitrogen and oxygen atoms in total. The van der Waals surface area contributed by atoms with Crippen molar-refractivity contribution in [2.45, 2.75) is 103 Å².